The molecule has 0 radical (unpaired) electrons. The Morgan fingerprint density at radius 2 is 2.00 bits per heavy atom. The molecule has 0 aromatic carbocycles. The Morgan fingerprint density at radius 3 is 2.65 bits per heavy atom. The smallest absolute Gasteiger partial charge is 0.0220 e. The quantitative estimate of drug-likeness (QED) is 0.853. The van der Waals surface area contributed by atoms with Crippen molar-refractivity contribution in [2.45, 2.75) is 51.6 Å². The van der Waals surface area contributed by atoms with Gasteiger partial charge >= 0.3 is 0 Å². The fourth-order valence-corrected chi connectivity index (χ4v) is 4.53. The second-order valence-electron chi connectivity index (χ2n) is 7.61. The van der Waals surface area contributed by atoms with E-state index in [2.05, 4.69) is 50.1 Å². The van der Waals surface area contributed by atoms with Gasteiger partial charge in [0.05, 0.1) is 0 Å². The first-order valence-electron chi connectivity index (χ1n) is 8.57. The molecule has 0 aromatic rings. The Kier molecular flexibility index (Phi) is 5.88. The van der Waals surface area contributed by atoms with Gasteiger partial charge in [-0.3, -0.25) is 0 Å². The van der Waals surface area contributed by atoms with Gasteiger partial charge in [0.2, 0.25) is 0 Å². The Bertz CT molecular complexity index is 294. The molecular weight excluding hydrogens is 246 g/mol. The Labute approximate surface area is 126 Å². The highest BCUT2D eigenvalue weighted by atomic mass is 15.2. The van der Waals surface area contributed by atoms with Crippen molar-refractivity contribution in [3.63, 3.8) is 0 Å². The minimum atomic E-state index is 0.706. The summed E-state index contributed by atoms with van der Waals surface area (Å²) in [5.41, 5.74) is 0. The highest BCUT2D eigenvalue weighted by Crippen LogP contribution is 2.34. The normalized spacial score (nSPS) is 40.2. The maximum absolute atomic E-state index is 3.59. The van der Waals surface area contributed by atoms with Crippen LogP contribution in [0.15, 0.2) is 0 Å². The van der Waals surface area contributed by atoms with Crippen LogP contribution in [0.25, 0.3) is 0 Å². The summed E-state index contributed by atoms with van der Waals surface area (Å²) in [5.74, 6) is 2.54. The van der Waals surface area contributed by atoms with Crippen molar-refractivity contribution in [3.05, 3.63) is 0 Å². The predicted molar refractivity (Wildman–Crippen MR) is 87.0 cm³/mol. The molecule has 0 amide bonds. The van der Waals surface area contributed by atoms with Crippen LogP contribution in [-0.2, 0) is 0 Å². The standard InChI is InChI=1S/C17H35N3/c1-13-9-14(2)16(17(10-13)18-3)12-20(5)15-7-6-8-19(4)11-15/h13-18H,6-12H2,1-5H3. The molecule has 3 nitrogen and oxygen atoms in total. The molecule has 0 aromatic heterocycles. The molecule has 5 atom stereocenters. The van der Waals surface area contributed by atoms with Crippen LogP contribution < -0.4 is 5.32 Å². The van der Waals surface area contributed by atoms with Crippen molar-refractivity contribution in [2.75, 3.05) is 40.8 Å². The van der Waals surface area contributed by atoms with E-state index in [9.17, 15) is 0 Å². The molecule has 5 unspecified atom stereocenters. The first-order chi connectivity index (χ1) is 9.51. The van der Waals surface area contributed by atoms with E-state index < -0.39 is 0 Å². The molecule has 1 N–H and O–H groups in total. The number of nitrogens with zero attached hydrogens (tertiary/aromatic N) is 2. The van der Waals surface area contributed by atoms with Gasteiger partial charge in [-0.15, -0.1) is 0 Å². The SMILES string of the molecule is CNC1CC(C)CC(C)C1CN(C)C1CCCN(C)C1. The molecule has 118 valence electrons. The highest BCUT2D eigenvalue weighted by molar-refractivity contribution is 4.90. The minimum absolute atomic E-state index is 0.706. The minimum Gasteiger partial charge on any atom is -0.317 e. The van der Waals surface area contributed by atoms with Crippen LogP contribution in [-0.4, -0.2) is 62.7 Å². The fraction of sp³-hybridized carbons (Fsp3) is 1.00. The molecule has 0 spiro atoms. The average molecular weight is 281 g/mol. The number of likely N-dealkylation sites (N-methyl/N-ethyl adjacent to an activating group) is 2. The first-order valence-corrected chi connectivity index (χ1v) is 8.57. The molecule has 1 saturated heterocycles. The van der Waals surface area contributed by atoms with Crippen LogP contribution in [0, 0.1) is 17.8 Å². The number of piperidine rings is 1. The topological polar surface area (TPSA) is 18.5 Å². The largest absolute Gasteiger partial charge is 0.317 e. The van der Waals surface area contributed by atoms with E-state index in [0.717, 1.165) is 23.8 Å². The van der Waals surface area contributed by atoms with E-state index >= 15 is 0 Å². The Morgan fingerprint density at radius 1 is 1.25 bits per heavy atom. The van der Waals surface area contributed by atoms with E-state index in [0.29, 0.717) is 6.04 Å². The van der Waals surface area contributed by atoms with Crippen molar-refractivity contribution in [1.82, 2.24) is 15.1 Å². The van der Waals surface area contributed by atoms with Crippen molar-refractivity contribution in [3.8, 4) is 0 Å². The predicted octanol–water partition coefficient (Wildman–Crippen LogP) is 2.28. The molecule has 1 aliphatic heterocycles. The summed E-state index contributed by atoms with van der Waals surface area (Å²) in [6.45, 7) is 8.67. The zero-order valence-electron chi connectivity index (χ0n) is 14.2. The number of nitrogens with one attached hydrogen (secondary N) is 1. The summed E-state index contributed by atoms with van der Waals surface area (Å²) in [5, 5.41) is 3.59. The van der Waals surface area contributed by atoms with Gasteiger partial charge in [-0.25, -0.2) is 0 Å². The monoisotopic (exact) mass is 281 g/mol. The summed E-state index contributed by atoms with van der Waals surface area (Å²) in [7, 11) is 6.76. The lowest BCUT2D eigenvalue weighted by atomic mass is 9.72. The van der Waals surface area contributed by atoms with Crippen molar-refractivity contribution in [2.24, 2.45) is 17.8 Å². The van der Waals surface area contributed by atoms with Crippen LogP contribution >= 0.6 is 0 Å². The molecule has 2 rings (SSSR count). The third kappa shape index (κ3) is 3.96. The molecule has 1 aliphatic carbocycles. The van der Waals surface area contributed by atoms with Crippen molar-refractivity contribution in [1.29, 1.82) is 0 Å². The van der Waals surface area contributed by atoms with Crippen LogP contribution in [0.3, 0.4) is 0 Å². The lowest BCUT2D eigenvalue weighted by Crippen LogP contribution is -2.51. The second kappa shape index (κ2) is 7.24. The lowest BCUT2D eigenvalue weighted by Gasteiger charge is -2.44. The van der Waals surface area contributed by atoms with Gasteiger partial charge in [0.25, 0.3) is 0 Å². The Hall–Kier alpha value is -0.120. The summed E-state index contributed by atoms with van der Waals surface area (Å²) in [6.07, 6.45) is 5.49. The number of hydrogen-bond acceptors (Lipinski definition) is 3. The molecule has 0 bridgehead atoms. The zero-order chi connectivity index (χ0) is 14.7. The number of rotatable bonds is 4. The molecule has 2 aliphatic rings. The summed E-state index contributed by atoms with van der Waals surface area (Å²) in [4.78, 5) is 5.14. The van der Waals surface area contributed by atoms with Gasteiger partial charge in [-0.1, -0.05) is 13.8 Å². The highest BCUT2D eigenvalue weighted by Gasteiger charge is 2.35. The molecule has 2 fully saturated rings. The average Bonchev–Trinajstić information content (AvgIpc) is 2.41. The third-order valence-electron chi connectivity index (χ3n) is 5.77. The van der Waals surface area contributed by atoms with Gasteiger partial charge in [0.15, 0.2) is 0 Å². The molecule has 1 saturated carbocycles. The summed E-state index contributed by atoms with van der Waals surface area (Å²) < 4.78 is 0. The number of hydrogen-bond donors (Lipinski definition) is 1. The van der Waals surface area contributed by atoms with E-state index in [1.807, 2.05) is 0 Å². The maximum Gasteiger partial charge on any atom is 0.0220 e. The van der Waals surface area contributed by atoms with Crippen LogP contribution in [0.5, 0.6) is 0 Å². The zero-order valence-corrected chi connectivity index (χ0v) is 14.2. The third-order valence-corrected chi connectivity index (χ3v) is 5.77. The maximum atomic E-state index is 3.59. The fourth-order valence-electron chi connectivity index (χ4n) is 4.53. The molecule has 20 heavy (non-hydrogen) atoms. The second-order valence-corrected chi connectivity index (χ2v) is 7.61. The van der Waals surface area contributed by atoms with Crippen LogP contribution in [0.1, 0.15) is 39.5 Å². The van der Waals surface area contributed by atoms with Gasteiger partial charge in [-0.05, 0) is 71.1 Å². The first kappa shape index (κ1) is 16.3. The molecule has 1 heterocycles. The van der Waals surface area contributed by atoms with Crippen LogP contribution in [0.4, 0.5) is 0 Å². The van der Waals surface area contributed by atoms with E-state index in [1.54, 1.807) is 0 Å². The van der Waals surface area contributed by atoms with Gasteiger partial charge < -0.3 is 15.1 Å². The molecule has 3 heteroatoms. The van der Waals surface area contributed by atoms with Gasteiger partial charge in [0, 0.05) is 25.2 Å². The summed E-state index contributed by atoms with van der Waals surface area (Å²) in [6, 6.07) is 1.47. The summed E-state index contributed by atoms with van der Waals surface area (Å²) >= 11 is 0. The van der Waals surface area contributed by atoms with Gasteiger partial charge in [0.1, 0.15) is 0 Å². The van der Waals surface area contributed by atoms with E-state index in [-0.39, 0.29) is 0 Å². The Balaban J connectivity index is 1.92. The van der Waals surface area contributed by atoms with E-state index in [4.69, 9.17) is 0 Å². The van der Waals surface area contributed by atoms with Crippen LogP contribution in [0.2, 0.25) is 0 Å². The lowest BCUT2D eigenvalue weighted by molar-refractivity contribution is 0.0717. The van der Waals surface area contributed by atoms with Gasteiger partial charge in [-0.2, -0.15) is 0 Å². The van der Waals surface area contributed by atoms with Crippen molar-refractivity contribution < 1.29 is 0 Å². The number of likely N-dealkylation sites (tertiary alicyclic amines) is 1. The molecular formula is C17H35N3. The van der Waals surface area contributed by atoms with E-state index in [1.165, 1.54) is 45.3 Å². The van der Waals surface area contributed by atoms with Crippen molar-refractivity contribution >= 4 is 0 Å².